The standard InChI is InChI=1S/C18H31NO2S/c1-5-19(6-2)12-13-20-17(15-22-7-3)14-21-18-11-9-8-10-16(18)4/h8-11,17H,5-7,12-15H2,1-4H3. The van der Waals surface area contributed by atoms with Gasteiger partial charge in [-0.15, -0.1) is 0 Å². The van der Waals surface area contributed by atoms with Crippen molar-refractivity contribution >= 4 is 11.8 Å². The van der Waals surface area contributed by atoms with Gasteiger partial charge in [0.1, 0.15) is 18.5 Å². The summed E-state index contributed by atoms with van der Waals surface area (Å²) in [6.07, 6.45) is 0.153. The van der Waals surface area contributed by atoms with E-state index >= 15 is 0 Å². The summed E-state index contributed by atoms with van der Waals surface area (Å²) in [6.45, 7) is 13.2. The normalized spacial score (nSPS) is 12.6. The Morgan fingerprint density at radius 3 is 2.50 bits per heavy atom. The third-order valence-corrected chi connectivity index (χ3v) is 4.70. The molecule has 22 heavy (non-hydrogen) atoms. The largest absolute Gasteiger partial charge is 0.491 e. The summed E-state index contributed by atoms with van der Waals surface area (Å²) in [5.41, 5.74) is 1.17. The van der Waals surface area contributed by atoms with Gasteiger partial charge in [0.2, 0.25) is 0 Å². The van der Waals surface area contributed by atoms with Crippen LogP contribution >= 0.6 is 11.8 Å². The maximum atomic E-state index is 6.05. The van der Waals surface area contributed by atoms with E-state index in [4.69, 9.17) is 9.47 Å². The molecule has 0 aliphatic heterocycles. The molecule has 0 fully saturated rings. The SMILES string of the molecule is CCSCC(COc1ccccc1C)OCCN(CC)CC. The van der Waals surface area contributed by atoms with Crippen LogP contribution in [0.1, 0.15) is 26.3 Å². The van der Waals surface area contributed by atoms with Crippen LogP contribution in [0.15, 0.2) is 24.3 Å². The van der Waals surface area contributed by atoms with Gasteiger partial charge < -0.3 is 14.4 Å². The minimum absolute atomic E-state index is 0.153. The lowest BCUT2D eigenvalue weighted by Crippen LogP contribution is -2.31. The lowest BCUT2D eigenvalue weighted by molar-refractivity contribution is 0.0241. The minimum Gasteiger partial charge on any atom is -0.491 e. The van der Waals surface area contributed by atoms with Gasteiger partial charge in [-0.3, -0.25) is 0 Å². The van der Waals surface area contributed by atoms with Crippen LogP contribution in [0.25, 0.3) is 0 Å². The monoisotopic (exact) mass is 325 g/mol. The molecule has 0 aliphatic rings. The number of nitrogens with zero attached hydrogens (tertiary/aromatic N) is 1. The number of hydrogen-bond donors (Lipinski definition) is 0. The summed E-state index contributed by atoms with van der Waals surface area (Å²) in [6, 6.07) is 8.15. The Labute approximate surface area is 140 Å². The molecule has 0 amide bonds. The molecule has 4 heteroatoms. The van der Waals surface area contributed by atoms with E-state index in [0.717, 1.165) is 43.5 Å². The number of thioether (sulfide) groups is 1. The number of hydrogen-bond acceptors (Lipinski definition) is 4. The minimum atomic E-state index is 0.153. The maximum absolute atomic E-state index is 6.05. The topological polar surface area (TPSA) is 21.7 Å². The van der Waals surface area contributed by atoms with E-state index in [0.29, 0.717) is 6.61 Å². The highest BCUT2D eigenvalue weighted by molar-refractivity contribution is 7.99. The third-order valence-electron chi connectivity index (χ3n) is 3.68. The van der Waals surface area contributed by atoms with Crippen molar-refractivity contribution in [3.05, 3.63) is 29.8 Å². The number of benzene rings is 1. The highest BCUT2D eigenvalue weighted by Crippen LogP contribution is 2.17. The van der Waals surface area contributed by atoms with Gasteiger partial charge in [-0.05, 0) is 37.4 Å². The summed E-state index contributed by atoms with van der Waals surface area (Å²) < 4.78 is 12.0. The molecule has 0 saturated heterocycles. The number of ether oxygens (including phenoxy) is 2. The zero-order valence-electron chi connectivity index (χ0n) is 14.5. The zero-order chi connectivity index (χ0) is 16.2. The second-order valence-corrected chi connectivity index (χ2v) is 6.57. The predicted molar refractivity (Wildman–Crippen MR) is 97.2 cm³/mol. The summed E-state index contributed by atoms with van der Waals surface area (Å²) in [5, 5.41) is 0. The number of aryl methyl sites for hydroxylation is 1. The van der Waals surface area contributed by atoms with E-state index in [1.807, 2.05) is 30.0 Å². The second-order valence-electron chi connectivity index (χ2n) is 5.26. The van der Waals surface area contributed by atoms with Crippen molar-refractivity contribution < 1.29 is 9.47 Å². The molecule has 0 radical (unpaired) electrons. The Morgan fingerprint density at radius 1 is 1.14 bits per heavy atom. The first-order valence-corrected chi connectivity index (χ1v) is 9.46. The summed E-state index contributed by atoms with van der Waals surface area (Å²) in [5.74, 6) is 3.06. The number of rotatable bonds is 12. The van der Waals surface area contributed by atoms with Crippen molar-refractivity contribution in [2.45, 2.75) is 33.8 Å². The lowest BCUT2D eigenvalue weighted by Gasteiger charge is -2.22. The molecule has 0 aromatic heterocycles. The Balaban J connectivity index is 2.41. The van der Waals surface area contributed by atoms with Gasteiger partial charge in [0.05, 0.1) is 6.61 Å². The Bertz CT molecular complexity index is 396. The molecule has 126 valence electrons. The molecule has 1 unspecified atom stereocenters. The Morgan fingerprint density at radius 2 is 1.86 bits per heavy atom. The Hall–Kier alpha value is -0.710. The van der Waals surface area contributed by atoms with Crippen LogP contribution in [0.4, 0.5) is 0 Å². The molecule has 1 aromatic carbocycles. The van der Waals surface area contributed by atoms with Crippen molar-refractivity contribution in [2.24, 2.45) is 0 Å². The van der Waals surface area contributed by atoms with Gasteiger partial charge in [0.25, 0.3) is 0 Å². The molecule has 0 bridgehead atoms. The van der Waals surface area contributed by atoms with Gasteiger partial charge in [0.15, 0.2) is 0 Å². The first-order chi connectivity index (χ1) is 10.7. The van der Waals surface area contributed by atoms with Gasteiger partial charge in [-0.1, -0.05) is 39.0 Å². The maximum Gasteiger partial charge on any atom is 0.122 e. The van der Waals surface area contributed by atoms with Gasteiger partial charge in [-0.2, -0.15) is 11.8 Å². The molecule has 0 saturated carbocycles. The van der Waals surface area contributed by atoms with Crippen molar-refractivity contribution in [1.29, 1.82) is 0 Å². The van der Waals surface area contributed by atoms with Crippen molar-refractivity contribution in [3.63, 3.8) is 0 Å². The average Bonchev–Trinajstić information content (AvgIpc) is 2.54. The van der Waals surface area contributed by atoms with E-state index in [9.17, 15) is 0 Å². The number of para-hydroxylation sites is 1. The van der Waals surface area contributed by atoms with E-state index < -0.39 is 0 Å². The number of likely N-dealkylation sites (N-methyl/N-ethyl adjacent to an activating group) is 1. The highest BCUT2D eigenvalue weighted by Gasteiger charge is 2.12. The first kappa shape index (κ1) is 19.3. The fraction of sp³-hybridized carbons (Fsp3) is 0.667. The van der Waals surface area contributed by atoms with E-state index in [1.54, 1.807) is 0 Å². The second kappa shape index (κ2) is 11.8. The summed E-state index contributed by atoms with van der Waals surface area (Å²) in [7, 11) is 0. The highest BCUT2D eigenvalue weighted by atomic mass is 32.2. The molecular weight excluding hydrogens is 294 g/mol. The van der Waals surface area contributed by atoms with Crippen molar-refractivity contribution in [3.8, 4) is 5.75 Å². The molecule has 1 atom stereocenters. The van der Waals surface area contributed by atoms with Crippen LogP contribution in [0, 0.1) is 6.92 Å². The van der Waals surface area contributed by atoms with Crippen LogP contribution < -0.4 is 4.74 Å². The van der Waals surface area contributed by atoms with E-state index in [1.165, 1.54) is 5.56 Å². The van der Waals surface area contributed by atoms with Gasteiger partial charge >= 0.3 is 0 Å². The predicted octanol–water partition coefficient (Wildman–Crippen LogP) is 3.85. The van der Waals surface area contributed by atoms with E-state index in [-0.39, 0.29) is 6.10 Å². The molecular formula is C18H31NO2S. The van der Waals surface area contributed by atoms with E-state index in [2.05, 4.69) is 38.7 Å². The quantitative estimate of drug-likeness (QED) is 0.582. The smallest absolute Gasteiger partial charge is 0.122 e. The molecule has 0 spiro atoms. The average molecular weight is 326 g/mol. The fourth-order valence-electron chi connectivity index (χ4n) is 2.18. The molecule has 0 aliphatic carbocycles. The fourth-order valence-corrected chi connectivity index (χ4v) is 2.87. The van der Waals surface area contributed by atoms with Crippen LogP contribution in [0.2, 0.25) is 0 Å². The zero-order valence-corrected chi connectivity index (χ0v) is 15.3. The molecule has 3 nitrogen and oxygen atoms in total. The summed E-state index contributed by atoms with van der Waals surface area (Å²) >= 11 is 1.91. The van der Waals surface area contributed by atoms with Crippen LogP contribution in [-0.4, -0.2) is 55.4 Å². The molecule has 0 heterocycles. The Kier molecular flexibility index (Phi) is 10.4. The van der Waals surface area contributed by atoms with Crippen molar-refractivity contribution in [2.75, 3.05) is 44.4 Å². The van der Waals surface area contributed by atoms with Gasteiger partial charge in [0, 0.05) is 12.3 Å². The van der Waals surface area contributed by atoms with Crippen LogP contribution in [0.3, 0.4) is 0 Å². The molecule has 1 aromatic rings. The molecule has 0 N–H and O–H groups in total. The van der Waals surface area contributed by atoms with Crippen LogP contribution in [0.5, 0.6) is 5.75 Å². The first-order valence-electron chi connectivity index (χ1n) is 8.31. The van der Waals surface area contributed by atoms with Gasteiger partial charge in [-0.25, -0.2) is 0 Å². The van der Waals surface area contributed by atoms with Crippen molar-refractivity contribution in [1.82, 2.24) is 4.90 Å². The molecule has 1 rings (SSSR count). The summed E-state index contributed by atoms with van der Waals surface area (Å²) in [4.78, 5) is 2.38. The lowest BCUT2D eigenvalue weighted by atomic mass is 10.2. The third kappa shape index (κ3) is 7.52. The van der Waals surface area contributed by atoms with Crippen LogP contribution in [-0.2, 0) is 4.74 Å².